The third-order valence-electron chi connectivity index (χ3n) is 5.05. The van der Waals surface area contributed by atoms with Crippen molar-refractivity contribution in [3.8, 4) is 0 Å². The first-order valence-corrected chi connectivity index (χ1v) is 10.4. The van der Waals surface area contributed by atoms with Gasteiger partial charge in [0.15, 0.2) is 0 Å². The molecule has 164 valence electrons. The van der Waals surface area contributed by atoms with Crippen LogP contribution in [0.3, 0.4) is 0 Å². The first-order chi connectivity index (χ1) is 14.4. The monoisotopic (exact) mass is 417 g/mol. The topological polar surface area (TPSA) is 114 Å². The van der Waals surface area contributed by atoms with Crippen LogP contribution in [0.4, 0.5) is 4.79 Å². The molecule has 0 radical (unpaired) electrons. The van der Waals surface area contributed by atoms with Crippen molar-refractivity contribution >= 4 is 24.2 Å². The van der Waals surface area contributed by atoms with Crippen LogP contribution in [0, 0.1) is 11.8 Å². The maximum absolute atomic E-state index is 12.7. The summed E-state index contributed by atoms with van der Waals surface area (Å²) in [6, 6.07) is 7.63. The van der Waals surface area contributed by atoms with Crippen LogP contribution < -0.4 is 16.0 Å². The minimum absolute atomic E-state index is 0.0962. The maximum atomic E-state index is 12.7. The van der Waals surface area contributed by atoms with Gasteiger partial charge in [-0.05, 0) is 37.2 Å². The van der Waals surface area contributed by atoms with E-state index in [1.807, 2.05) is 44.2 Å². The number of carbonyl (C=O) groups is 4. The summed E-state index contributed by atoms with van der Waals surface area (Å²) in [7, 11) is 0. The Morgan fingerprint density at radius 2 is 1.93 bits per heavy atom. The van der Waals surface area contributed by atoms with Gasteiger partial charge in [-0.1, -0.05) is 44.2 Å². The fraction of sp³-hybridized carbons (Fsp3) is 0.545. The standard InChI is InChI=1S/C22H31N3O5/c1-15(2)8-9-19(25-22(29)30-14-16-6-4-3-5-7-16)21(28)24-18(13-26)12-17-10-11-23-20(17)27/h3-7,13,15,17-19H,8-12,14H2,1-2H3,(H,23,27)(H,24,28)(H,25,29)/t17-,18-,19-/m0/s1. The van der Waals surface area contributed by atoms with E-state index < -0.39 is 24.1 Å². The molecule has 1 aromatic carbocycles. The molecule has 1 heterocycles. The minimum Gasteiger partial charge on any atom is -0.445 e. The molecule has 2 rings (SSSR count). The summed E-state index contributed by atoms with van der Waals surface area (Å²) < 4.78 is 5.22. The maximum Gasteiger partial charge on any atom is 0.408 e. The highest BCUT2D eigenvalue weighted by Gasteiger charge is 2.29. The van der Waals surface area contributed by atoms with E-state index in [0.717, 1.165) is 5.56 Å². The SMILES string of the molecule is CC(C)CC[C@H](NC(=O)OCc1ccccc1)C(=O)N[C@H](C=O)C[C@@H]1CCNC1=O. The zero-order valence-electron chi connectivity index (χ0n) is 17.6. The van der Waals surface area contributed by atoms with Crippen LogP contribution in [0.1, 0.15) is 45.1 Å². The lowest BCUT2D eigenvalue weighted by atomic mass is 9.98. The molecule has 1 aliphatic rings. The molecule has 0 unspecified atom stereocenters. The van der Waals surface area contributed by atoms with Crippen LogP contribution in [0.15, 0.2) is 30.3 Å². The predicted molar refractivity (Wildman–Crippen MR) is 111 cm³/mol. The average molecular weight is 418 g/mol. The van der Waals surface area contributed by atoms with Gasteiger partial charge in [0.05, 0.1) is 6.04 Å². The van der Waals surface area contributed by atoms with Gasteiger partial charge in [0.1, 0.15) is 18.9 Å². The van der Waals surface area contributed by atoms with E-state index in [4.69, 9.17) is 4.74 Å². The molecule has 1 aliphatic heterocycles. The second-order valence-corrected chi connectivity index (χ2v) is 7.99. The Balaban J connectivity index is 1.92. The third kappa shape index (κ3) is 7.85. The summed E-state index contributed by atoms with van der Waals surface area (Å²) in [5.74, 6) is -0.511. The van der Waals surface area contributed by atoms with E-state index in [1.54, 1.807) is 0 Å². The Labute approximate surface area is 177 Å². The number of alkyl carbamates (subject to hydrolysis) is 1. The molecule has 1 saturated heterocycles. The van der Waals surface area contributed by atoms with Crippen molar-refractivity contribution in [1.29, 1.82) is 0 Å². The summed E-state index contributed by atoms with van der Waals surface area (Å²) in [4.78, 5) is 48.2. The van der Waals surface area contributed by atoms with Crippen molar-refractivity contribution in [2.45, 2.75) is 58.2 Å². The fourth-order valence-electron chi connectivity index (χ4n) is 3.28. The van der Waals surface area contributed by atoms with Gasteiger partial charge in [-0.2, -0.15) is 0 Å². The number of nitrogens with one attached hydrogen (secondary N) is 3. The predicted octanol–water partition coefficient (Wildman–Crippen LogP) is 1.93. The molecule has 1 aromatic rings. The van der Waals surface area contributed by atoms with Crippen molar-refractivity contribution in [2.24, 2.45) is 11.8 Å². The molecule has 8 heteroatoms. The quantitative estimate of drug-likeness (QED) is 0.476. The average Bonchev–Trinajstić information content (AvgIpc) is 3.13. The van der Waals surface area contributed by atoms with Gasteiger partial charge in [-0.15, -0.1) is 0 Å². The molecule has 3 amide bonds. The Bertz CT molecular complexity index is 723. The van der Waals surface area contributed by atoms with Crippen molar-refractivity contribution in [1.82, 2.24) is 16.0 Å². The molecule has 3 atom stereocenters. The lowest BCUT2D eigenvalue weighted by molar-refractivity contribution is -0.127. The second kappa shape index (κ2) is 11.9. The molecular formula is C22H31N3O5. The number of ether oxygens (including phenoxy) is 1. The summed E-state index contributed by atoms with van der Waals surface area (Å²) in [5.41, 5.74) is 0.840. The first kappa shape index (κ1) is 23.4. The van der Waals surface area contributed by atoms with E-state index in [9.17, 15) is 19.2 Å². The van der Waals surface area contributed by atoms with Gasteiger partial charge in [0, 0.05) is 12.5 Å². The summed E-state index contributed by atoms with van der Waals surface area (Å²) in [6.07, 6.45) is 1.96. The zero-order valence-corrected chi connectivity index (χ0v) is 17.6. The zero-order chi connectivity index (χ0) is 21.9. The second-order valence-electron chi connectivity index (χ2n) is 7.99. The van der Waals surface area contributed by atoms with Crippen LogP contribution in [0.25, 0.3) is 0 Å². The lowest BCUT2D eigenvalue weighted by Crippen LogP contribution is -2.50. The number of amides is 3. The van der Waals surface area contributed by atoms with Crippen LogP contribution in [-0.2, 0) is 25.7 Å². The minimum atomic E-state index is -0.824. The Kier molecular flexibility index (Phi) is 9.31. The number of hydrogen-bond donors (Lipinski definition) is 3. The van der Waals surface area contributed by atoms with Gasteiger partial charge >= 0.3 is 6.09 Å². The number of rotatable bonds is 11. The lowest BCUT2D eigenvalue weighted by Gasteiger charge is -2.22. The van der Waals surface area contributed by atoms with Crippen molar-refractivity contribution in [3.63, 3.8) is 0 Å². The molecule has 30 heavy (non-hydrogen) atoms. The van der Waals surface area contributed by atoms with Crippen LogP contribution in [-0.4, -0.2) is 42.8 Å². The largest absolute Gasteiger partial charge is 0.445 e. The Hall–Kier alpha value is -2.90. The van der Waals surface area contributed by atoms with Gasteiger partial charge in [0.25, 0.3) is 0 Å². The molecule has 8 nitrogen and oxygen atoms in total. The van der Waals surface area contributed by atoms with Gasteiger partial charge < -0.3 is 25.5 Å². The van der Waals surface area contributed by atoms with Gasteiger partial charge in [0.2, 0.25) is 11.8 Å². The Morgan fingerprint density at radius 1 is 1.20 bits per heavy atom. The van der Waals surface area contributed by atoms with Crippen molar-refractivity contribution in [3.05, 3.63) is 35.9 Å². The van der Waals surface area contributed by atoms with Crippen molar-refractivity contribution in [2.75, 3.05) is 6.54 Å². The van der Waals surface area contributed by atoms with E-state index in [1.165, 1.54) is 0 Å². The van der Waals surface area contributed by atoms with Crippen molar-refractivity contribution < 1.29 is 23.9 Å². The molecule has 1 fully saturated rings. The third-order valence-corrected chi connectivity index (χ3v) is 5.05. The highest BCUT2D eigenvalue weighted by Crippen LogP contribution is 2.16. The van der Waals surface area contributed by atoms with E-state index in [0.29, 0.717) is 38.0 Å². The fourth-order valence-corrected chi connectivity index (χ4v) is 3.28. The van der Waals surface area contributed by atoms with Crippen LogP contribution in [0.5, 0.6) is 0 Å². The van der Waals surface area contributed by atoms with E-state index in [2.05, 4.69) is 16.0 Å². The summed E-state index contributed by atoms with van der Waals surface area (Å²) >= 11 is 0. The van der Waals surface area contributed by atoms with Crippen LogP contribution >= 0.6 is 0 Å². The molecule has 0 bridgehead atoms. The summed E-state index contributed by atoms with van der Waals surface area (Å²) in [5, 5.41) is 7.99. The molecule has 0 aromatic heterocycles. The van der Waals surface area contributed by atoms with Crippen LogP contribution in [0.2, 0.25) is 0 Å². The van der Waals surface area contributed by atoms with E-state index in [-0.39, 0.29) is 24.9 Å². The molecule has 0 aliphatic carbocycles. The highest BCUT2D eigenvalue weighted by atomic mass is 16.5. The normalized spacial score (nSPS) is 17.7. The number of carbonyl (C=O) groups excluding carboxylic acids is 4. The van der Waals surface area contributed by atoms with Gasteiger partial charge in [-0.3, -0.25) is 9.59 Å². The highest BCUT2D eigenvalue weighted by molar-refractivity contribution is 5.88. The Morgan fingerprint density at radius 3 is 2.53 bits per heavy atom. The molecule has 3 N–H and O–H groups in total. The number of benzene rings is 1. The molecular weight excluding hydrogens is 386 g/mol. The number of hydrogen-bond acceptors (Lipinski definition) is 5. The molecule has 0 saturated carbocycles. The number of aldehydes is 1. The first-order valence-electron chi connectivity index (χ1n) is 10.4. The smallest absolute Gasteiger partial charge is 0.408 e. The molecule has 0 spiro atoms. The van der Waals surface area contributed by atoms with E-state index >= 15 is 0 Å². The van der Waals surface area contributed by atoms with Gasteiger partial charge in [-0.25, -0.2) is 4.79 Å². The summed E-state index contributed by atoms with van der Waals surface area (Å²) in [6.45, 7) is 4.72.